The van der Waals surface area contributed by atoms with Gasteiger partial charge in [0.2, 0.25) is 0 Å². The first-order chi connectivity index (χ1) is 17.7. The van der Waals surface area contributed by atoms with Crippen LogP contribution in [0.5, 0.6) is 0 Å². The largest absolute Gasteiger partial charge is 0.380 e. The van der Waals surface area contributed by atoms with Crippen LogP contribution < -0.4 is 5.32 Å². The van der Waals surface area contributed by atoms with Crippen LogP contribution in [-0.4, -0.2) is 11.0 Å². The maximum atomic E-state index is 14.7. The lowest BCUT2D eigenvalue weighted by Crippen LogP contribution is -2.20. The van der Waals surface area contributed by atoms with E-state index in [1.54, 1.807) is 12.3 Å². The van der Waals surface area contributed by atoms with Crippen molar-refractivity contribution in [1.29, 1.82) is 0 Å². The zero-order chi connectivity index (χ0) is 25.0. The molecule has 0 spiro atoms. The molecule has 1 aromatic heterocycles. The summed E-state index contributed by atoms with van der Waals surface area (Å²) in [7, 11) is 0. The number of nitrogens with one attached hydrogen (secondary N) is 2. The fraction of sp³-hybridized carbons (Fsp3) is 0.750. The predicted octanol–water partition coefficient (Wildman–Crippen LogP) is 11.2. The molecule has 202 valence electrons. The van der Waals surface area contributed by atoms with Crippen molar-refractivity contribution in [2.24, 2.45) is 11.8 Å². The Labute approximate surface area is 224 Å². The smallest absolute Gasteiger partial charge is 0.148 e. The number of hydrogen-bond acceptors (Lipinski definition) is 1. The molecule has 0 unspecified atom stereocenters. The third kappa shape index (κ3) is 8.96. The highest BCUT2D eigenvalue weighted by Gasteiger charge is 2.19. The van der Waals surface area contributed by atoms with Crippen molar-refractivity contribution >= 4 is 28.2 Å². The van der Waals surface area contributed by atoms with Gasteiger partial charge in [0.05, 0.1) is 10.7 Å². The SMILES string of the molecule is Fc1cc2[nH]cc(Cl)c2cc1NC1CCCCCC(CC2CCCCCCCCCC2)CCCCC1. The molecule has 4 heteroatoms. The Balaban J connectivity index is 1.26. The molecule has 0 amide bonds. The molecule has 2 N–H and O–H groups in total. The van der Waals surface area contributed by atoms with Gasteiger partial charge < -0.3 is 10.3 Å². The highest BCUT2D eigenvalue weighted by Crippen LogP contribution is 2.33. The van der Waals surface area contributed by atoms with Gasteiger partial charge >= 0.3 is 0 Å². The molecular weight excluding hydrogens is 467 g/mol. The topological polar surface area (TPSA) is 27.8 Å². The van der Waals surface area contributed by atoms with E-state index < -0.39 is 0 Å². The second-order valence-electron chi connectivity index (χ2n) is 12.0. The number of anilines is 1. The van der Waals surface area contributed by atoms with Gasteiger partial charge in [-0.25, -0.2) is 4.39 Å². The Morgan fingerprint density at radius 3 is 1.72 bits per heavy atom. The summed E-state index contributed by atoms with van der Waals surface area (Å²) in [5.41, 5.74) is 1.36. The molecular formula is C32H50ClFN2. The Morgan fingerprint density at radius 2 is 1.17 bits per heavy atom. The van der Waals surface area contributed by atoms with E-state index in [2.05, 4.69) is 10.3 Å². The lowest BCUT2D eigenvalue weighted by atomic mass is 9.81. The number of aromatic nitrogens is 1. The first-order valence-corrected chi connectivity index (χ1v) is 15.8. The van der Waals surface area contributed by atoms with E-state index in [4.69, 9.17) is 11.6 Å². The number of rotatable bonds is 4. The summed E-state index contributed by atoms with van der Waals surface area (Å²) >= 11 is 6.29. The maximum absolute atomic E-state index is 14.7. The molecule has 0 aliphatic heterocycles. The average Bonchev–Trinajstić information content (AvgIpc) is 3.18. The number of fused-ring (bicyclic) bond motifs is 1. The summed E-state index contributed by atoms with van der Waals surface area (Å²) in [5, 5.41) is 5.10. The second-order valence-corrected chi connectivity index (χ2v) is 12.4. The van der Waals surface area contributed by atoms with Crippen molar-refractivity contribution < 1.29 is 4.39 Å². The number of hydrogen-bond donors (Lipinski definition) is 2. The first kappa shape index (κ1) is 27.8. The van der Waals surface area contributed by atoms with E-state index in [1.165, 1.54) is 122 Å². The summed E-state index contributed by atoms with van der Waals surface area (Å²) in [6.45, 7) is 0. The van der Waals surface area contributed by atoms with Gasteiger partial charge in [0.1, 0.15) is 5.82 Å². The first-order valence-electron chi connectivity index (χ1n) is 15.4. The fourth-order valence-electron chi connectivity index (χ4n) is 6.89. The van der Waals surface area contributed by atoms with Crippen molar-refractivity contribution in [3.8, 4) is 0 Å². The fourth-order valence-corrected chi connectivity index (χ4v) is 7.10. The van der Waals surface area contributed by atoms with Crippen LogP contribution >= 0.6 is 11.6 Å². The predicted molar refractivity (Wildman–Crippen MR) is 155 cm³/mol. The van der Waals surface area contributed by atoms with Crippen molar-refractivity contribution in [3.63, 3.8) is 0 Å². The van der Waals surface area contributed by atoms with Crippen LogP contribution in [0.25, 0.3) is 10.9 Å². The lowest BCUT2D eigenvalue weighted by molar-refractivity contribution is 0.282. The maximum Gasteiger partial charge on any atom is 0.148 e. The highest BCUT2D eigenvalue weighted by molar-refractivity contribution is 6.35. The van der Waals surface area contributed by atoms with Crippen LogP contribution in [0.1, 0.15) is 135 Å². The van der Waals surface area contributed by atoms with E-state index in [9.17, 15) is 4.39 Å². The van der Waals surface area contributed by atoms with Crippen LogP contribution in [0.2, 0.25) is 5.02 Å². The Kier molecular flexibility index (Phi) is 11.8. The number of halogens is 2. The van der Waals surface area contributed by atoms with Gasteiger partial charge in [-0.05, 0) is 37.2 Å². The van der Waals surface area contributed by atoms with Crippen LogP contribution in [0, 0.1) is 17.7 Å². The van der Waals surface area contributed by atoms with Gasteiger partial charge in [-0.1, -0.05) is 127 Å². The molecule has 0 radical (unpaired) electrons. The van der Waals surface area contributed by atoms with Crippen molar-refractivity contribution in [2.75, 3.05) is 5.32 Å². The van der Waals surface area contributed by atoms with Crippen molar-refractivity contribution in [1.82, 2.24) is 4.98 Å². The zero-order valence-electron chi connectivity index (χ0n) is 22.6. The molecule has 0 bridgehead atoms. The van der Waals surface area contributed by atoms with E-state index in [0.717, 1.165) is 35.6 Å². The molecule has 2 aromatic rings. The highest BCUT2D eigenvalue weighted by atomic mass is 35.5. The number of H-pyrrole nitrogens is 1. The Morgan fingerprint density at radius 1 is 0.694 bits per heavy atom. The summed E-state index contributed by atoms with van der Waals surface area (Å²) < 4.78 is 14.7. The van der Waals surface area contributed by atoms with Crippen LogP contribution in [0.3, 0.4) is 0 Å². The summed E-state index contributed by atoms with van der Waals surface area (Å²) in [4.78, 5) is 3.05. The summed E-state index contributed by atoms with van der Waals surface area (Å²) in [5.74, 6) is 1.74. The standard InChI is InChI=1S/C32H50ClFN2/c33-29-24-35-31-23-30(34)32(22-28(29)31)36-27-19-13-7-11-17-26(18-12-8-14-20-27)21-25-15-9-5-3-1-2-4-6-10-16-25/h22-27,35-36H,1-21H2. The molecule has 1 heterocycles. The van der Waals surface area contributed by atoms with E-state index >= 15 is 0 Å². The van der Waals surface area contributed by atoms with Gasteiger partial charge in [-0.15, -0.1) is 0 Å². The minimum atomic E-state index is -0.189. The number of benzene rings is 1. The second kappa shape index (κ2) is 15.3. The lowest BCUT2D eigenvalue weighted by Gasteiger charge is -2.25. The number of aromatic amines is 1. The molecule has 2 aliphatic carbocycles. The van der Waals surface area contributed by atoms with Crippen LogP contribution in [0.4, 0.5) is 10.1 Å². The third-order valence-electron chi connectivity index (χ3n) is 9.05. The zero-order valence-corrected chi connectivity index (χ0v) is 23.3. The minimum absolute atomic E-state index is 0.189. The van der Waals surface area contributed by atoms with Gasteiger partial charge in [-0.2, -0.15) is 0 Å². The molecule has 0 saturated heterocycles. The molecule has 0 atom stereocenters. The van der Waals surface area contributed by atoms with Gasteiger partial charge in [-0.3, -0.25) is 0 Å². The van der Waals surface area contributed by atoms with E-state index in [0.29, 0.717) is 16.8 Å². The molecule has 4 rings (SSSR count). The van der Waals surface area contributed by atoms with Gasteiger partial charge in [0, 0.05) is 29.2 Å². The van der Waals surface area contributed by atoms with Crippen molar-refractivity contribution in [3.05, 3.63) is 29.2 Å². The van der Waals surface area contributed by atoms with Crippen LogP contribution in [-0.2, 0) is 0 Å². The third-order valence-corrected chi connectivity index (χ3v) is 9.36. The summed E-state index contributed by atoms with van der Waals surface area (Å²) in [6, 6.07) is 3.79. The van der Waals surface area contributed by atoms with E-state index in [1.807, 2.05) is 6.07 Å². The average molecular weight is 517 g/mol. The van der Waals surface area contributed by atoms with E-state index in [-0.39, 0.29) is 5.82 Å². The van der Waals surface area contributed by atoms with Crippen LogP contribution in [0.15, 0.2) is 18.3 Å². The normalized spacial score (nSPS) is 24.9. The molecule has 2 nitrogen and oxygen atoms in total. The summed E-state index contributed by atoms with van der Waals surface area (Å²) in [6.07, 6.45) is 30.9. The molecule has 2 aliphatic rings. The molecule has 2 saturated carbocycles. The Hall–Kier alpha value is -1.22. The molecule has 36 heavy (non-hydrogen) atoms. The minimum Gasteiger partial charge on any atom is -0.380 e. The van der Waals surface area contributed by atoms with Gasteiger partial charge in [0.25, 0.3) is 0 Å². The van der Waals surface area contributed by atoms with Gasteiger partial charge in [0.15, 0.2) is 0 Å². The monoisotopic (exact) mass is 516 g/mol. The Bertz CT molecular complexity index is 868. The molecule has 1 aromatic carbocycles. The molecule has 2 fully saturated rings. The quantitative estimate of drug-likeness (QED) is 0.415. The van der Waals surface area contributed by atoms with Crippen molar-refractivity contribution in [2.45, 2.75) is 141 Å².